The maximum Gasteiger partial charge on any atom is 0.271 e. The summed E-state index contributed by atoms with van der Waals surface area (Å²) in [6, 6.07) is 19.1. The van der Waals surface area contributed by atoms with E-state index in [9.17, 15) is 14.7 Å². The van der Waals surface area contributed by atoms with Gasteiger partial charge in [0.25, 0.3) is 11.5 Å². The number of nitrogens with zero attached hydrogens (tertiary/aromatic N) is 2. The third-order valence-corrected chi connectivity index (χ3v) is 7.82. The predicted octanol–water partition coefficient (Wildman–Crippen LogP) is 4.75. The quantitative estimate of drug-likeness (QED) is 0.311. The standard InChI is InChI=1S/C30H26BrN3O5S/c1-4-39-22-12-10-18(11-13-22)26-25(28(36)33-21-8-6-5-7-9-21)17(2)32-30-34(26)29(37)24(40-30)15-19-14-20(31)16-23(38-3)27(19)35/h5-16,26,35H,4H2,1-3H3,(H,33,36)/b24-15-/t26-/m0/s1. The Bertz CT molecular complexity index is 1790. The van der Waals surface area contributed by atoms with Crippen LogP contribution in [0.5, 0.6) is 17.2 Å². The summed E-state index contributed by atoms with van der Waals surface area (Å²) >= 11 is 4.61. The van der Waals surface area contributed by atoms with E-state index < -0.39 is 6.04 Å². The largest absolute Gasteiger partial charge is 0.504 e. The number of carbonyl (C=O) groups excluding carboxylic acids is 1. The number of aromatic hydroxyl groups is 1. The molecule has 0 saturated carbocycles. The van der Waals surface area contributed by atoms with Gasteiger partial charge in [0.05, 0.1) is 35.6 Å². The number of phenolic OH excluding ortho intramolecular Hbond substituents is 1. The minimum Gasteiger partial charge on any atom is -0.504 e. The molecule has 3 aromatic carbocycles. The summed E-state index contributed by atoms with van der Waals surface area (Å²) in [5.41, 5.74) is 2.31. The second-order valence-electron chi connectivity index (χ2n) is 8.95. The average molecular weight is 621 g/mol. The number of hydrogen-bond donors (Lipinski definition) is 2. The molecule has 0 unspecified atom stereocenters. The second-order valence-corrected chi connectivity index (χ2v) is 10.9. The van der Waals surface area contributed by atoms with E-state index in [1.54, 1.807) is 37.3 Å². The monoisotopic (exact) mass is 619 g/mol. The first-order valence-electron chi connectivity index (χ1n) is 12.5. The Morgan fingerprint density at radius 2 is 1.90 bits per heavy atom. The number of ether oxygens (including phenoxy) is 2. The molecule has 0 aliphatic carbocycles. The summed E-state index contributed by atoms with van der Waals surface area (Å²) in [7, 11) is 1.46. The van der Waals surface area contributed by atoms with E-state index in [4.69, 9.17) is 9.47 Å². The van der Waals surface area contributed by atoms with E-state index in [0.717, 1.165) is 5.56 Å². The summed E-state index contributed by atoms with van der Waals surface area (Å²) in [4.78, 5) is 32.7. The van der Waals surface area contributed by atoms with Gasteiger partial charge in [-0.25, -0.2) is 4.99 Å². The van der Waals surface area contributed by atoms with Crippen LogP contribution in [0.25, 0.3) is 6.08 Å². The maximum atomic E-state index is 13.9. The van der Waals surface area contributed by atoms with Gasteiger partial charge in [-0.2, -0.15) is 0 Å². The number of aromatic nitrogens is 1. The number of methoxy groups -OCH3 is 1. The van der Waals surface area contributed by atoms with Crippen molar-refractivity contribution < 1.29 is 19.4 Å². The van der Waals surface area contributed by atoms with E-state index in [2.05, 4.69) is 26.2 Å². The van der Waals surface area contributed by atoms with Crippen LogP contribution in [0.4, 0.5) is 5.69 Å². The zero-order valence-electron chi connectivity index (χ0n) is 22.0. The second kappa shape index (κ2) is 11.5. The fourth-order valence-corrected chi connectivity index (χ4v) is 6.05. The van der Waals surface area contributed by atoms with Gasteiger partial charge in [-0.1, -0.05) is 57.6 Å². The average Bonchev–Trinajstić information content (AvgIpc) is 3.24. The molecule has 1 amide bonds. The molecule has 40 heavy (non-hydrogen) atoms. The SMILES string of the molecule is CCOc1ccc([C@H]2C(C(=O)Nc3ccccc3)=C(C)N=c3s/c(=C\c4cc(Br)cc(OC)c4O)c(=O)n32)cc1. The fourth-order valence-electron chi connectivity index (χ4n) is 4.56. The van der Waals surface area contributed by atoms with E-state index in [1.165, 1.54) is 23.0 Å². The van der Waals surface area contributed by atoms with Crippen molar-refractivity contribution in [1.82, 2.24) is 4.57 Å². The molecule has 204 valence electrons. The van der Waals surface area contributed by atoms with Crippen molar-refractivity contribution in [2.45, 2.75) is 19.9 Å². The Hall–Kier alpha value is -4.15. The highest BCUT2D eigenvalue weighted by molar-refractivity contribution is 9.10. The van der Waals surface area contributed by atoms with Crippen LogP contribution in [-0.4, -0.2) is 29.3 Å². The van der Waals surface area contributed by atoms with Crippen LogP contribution in [0.1, 0.15) is 31.0 Å². The Morgan fingerprint density at radius 1 is 1.18 bits per heavy atom. The van der Waals surface area contributed by atoms with Gasteiger partial charge >= 0.3 is 0 Å². The summed E-state index contributed by atoms with van der Waals surface area (Å²) < 4.78 is 13.4. The van der Waals surface area contributed by atoms with Gasteiger partial charge in [0.2, 0.25) is 0 Å². The number of hydrogen-bond acceptors (Lipinski definition) is 7. The molecule has 2 N–H and O–H groups in total. The van der Waals surface area contributed by atoms with E-state index in [1.807, 2.05) is 49.4 Å². The molecule has 8 nitrogen and oxygen atoms in total. The van der Waals surface area contributed by atoms with Crippen LogP contribution >= 0.6 is 27.3 Å². The first-order chi connectivity index (χ1) is 19.3. The minimum absolute atomic E-state index is 0.0845. The highest BCUT2D eigenvalue weighted by atomic mass is 79.9. The lowest BCUT2D eigenvalue weighted by molar-refractivity contribution is -0.113. The molecule has 4 aromatic rings. The lowest BCUT2D eigenvalue weighted by atomic mass is 9.95. The van der Waals surface area contributed by atoms with Gasteiger partial charge in [0.1, 0.15) is 5.75 Å². The molecule has 1 atom stereocenters. The number of allylic oxidation sites excluding steroid dienone is 1. The van der Waals surface area contributed by atoms with Crippen LogP contribution in [0.2, 0.25) is 0 Å². The van der Waals surface area contributed by atoms with Crippen molar-refractivity contribution in [3.63, 3.8) is 0 Å². The number of para-hydroxylation sites is 1. The lowest BCUT2D eigenvalue weighted by Crippen LogP contribution is -2.40. The van der Waals surface area contributed by atoms with Crippen LogP contribution in [0, 0.1) is 0 Å². The number of benzene rings is 3. The molecule has 0 bridgehead atoms. The number of amides is 1. The molecule has 1 aliphatic rings. The van der Waals surface area contributed by atoms with Crippen LogP contribution in [0.15, 0.2) is 92.3 Å². The van der Waals surface area contributed by atoms with E-state index in [0.29, 0.717) is 48.7 Å². The van der Waals surface area contributed by atoms with Gasteiger partial charge in [0, 0.05) is 15.7 Å². The Labute approximate surface area is 242 Å². The Balaban J connectivity index is 1.68. The molecule has 2 heterocycles. The van der Waals surface area contributed by atoms with Crippen molar-refractivity contribution in [2.24, 2.45) is 4.99 Å². The summed E-state index contributed by atoms with van der Waals surface area (Å²) in [5.74, 6) is 0.527. The number of halogens is 1. The number of thiazole rings is 1. The number of phenols is 1. The van der Waals surface area contributed by atoms with Gasteiger partial charge in [-0.3, -0.25) is 14.2 Å². The molecular formula is C30H26BrN3O5S. The molecule has 0 radical (unpaired) electrons. The smallest absolute Gasteiger partial charge is 0.271 e. The number of anilines is 1. The number of carbonyl (C=O) groups is 1. The zero-order chi connectivity index (χ0) is 28.4. The summed E-state index contributed by atoms with van der Waals surface area (Å²) in [5, 5.41) is 13.6. The van der Waals surface area contributed by atoms with Crippen molar-refractivity contribution in [3.05, 3.63) is 113 Å². The predicted molar refractivity (Wildman–Crippen MR) is 159 cm³/mol. The Morgan fingerprint density at radius 3 is 2.58 bits per heavy atom. The molecule has 1 aromatic heterocycles. The first-order valence-corrected chi connectivity index (χ1v) is 14.1. The zero-order valence-corrected chi connectivity index (χ0v) is 24.4. The highest BCUT2D eigenvalue weighted by Gasteiger charge is 2.32. The van der Waals surface area contributed by atoms with Crippen molar-refractivity contribution >= 4 is 44.9 Å². The minimum atomic E-state index is -0.733. The van der Waals surface area contributed by atoms with E-state index >= 15 is 0 Å². The first kappa shape index (κ1) is 27.4. The maximum absolute atomic E-state index is 13.9. The van der Waals surface area contributed by atoms with Gasteiger partial charge in [-0.15, -0.1) is 0 Å². The molecule has 0 fully saturated rings. The molecule has 5 rings (SSSR count). The highest BCUT2D eigenvalue weighted by Crippen LogP contribution is 2.34. The molecular weight excluding hydrogens is 594 g/mol. The Kier molecular flexibility index (Phi) is 7.90. The van der Waals surface area contributed by atoms with Crippen molar-refractivity contribution in [1.29, 1.82) is 0 Å². The molecule has 0 spiro atoms. The molecule has 10 heteroatoms. The topological polar surface area (TPSA) is 102 Å². The third-order valence-electron chi connectivity index (χ3n) is 6.38. The van der Waals surface area contributed by atoms with Gasteiger partial charge in [0.15, 0.2) is 16.3 Å². The number of rotatable bonds is 7. The normalized spacial score (nSPS) is 14.9. The number of fused-ring (bicyclic) bond motifs is 1. The third kappa shape index (κ3) is 5.32. The van der Waals surface area contributed by atoms with Crippen molar-refractivity contribution in [3.8, 4) is 17.2 Å². The summed E-state index contributed by atoms with van der Waals surface area (Å²) in [6.45, 7) is 4.19. The van der Waals surface area contributed by atoms with Crippen LogP contribution in [0.3, 0.4) is 0 Å². The lowest BCUT2D eigenvalue weighted by Gasteiger charge is -2.25. The molecule has 0 saturated heterocycles. The summed E-state index contributed by atoms with van der Waals surface area (Å²) in [6.07, 6.45) is 1.60. The number of nitrogens with one attached hydrogen (secondary N) is 1. The van der Waals surface area contributed by atoms with Crippen LogP contribution in [-0.2, 0) is 4.79 Å². The fraction of sp³-hybridized carbons (Fsp3) is 0.167. The van der Waals surface area contributed by atoms with Crippen molar-refractivity contribution in [2.75, 3.05) is 19.0 Å². The van der Waals surface area contributed by atoms with Gasteiger partial charge < -0.3 is 19.9 Å². The van der Waals surface area contributed by atoms with Crippen LogP contribution < -0.4 is 29.7 Å². The van der Waals surface area contributed by atoms with E-state index in [-0.39, 0.29) is 23.0 Å². The van der Waals surface area contributed by atoms with Gasteiger partial charge in [-0.05, 0) is 61.9 Å². The molecule has 1 aliphatic heterocycles.